The van der Waals surface area contributed by atoms with Gasteiger partial charge in [-0.05, 0) is 12.1 Å². The molecule has 1 fully saturated rings. The van der Waals surface area contributed by atoms with Crippen LogP contribution in [0.1, 0.15) is 10.4 Å². The minimum atomic E-state index is -1.25. The van der Waals surface area contributed by atoms with Crippen LogP contribution in [0.3, 0.4) is 0 Å². The molecule has 100 valence electrons. The third kappa shape index (κ3) is 2.97. The molecule has 19 heavy (non-hydrogen) atoms. The van der Waals surface area contributed by atoms with E-state index in [0.29, 0.717) is 5.75 Å². The Morgan fingerprint density at radius 3 is 2.68 bits per heavy atom. The highest BCUT2D eigenvalue weighted by atomic mass is 32.2. The van der Waals surface area contributed by atoms with Gasteiger partial charge in [0.25, 0.3) is 5.24 Å². The van der Waals surface area contributed by atoms with E-state index in [4.69, 9.17) is 5.11 Å². The summed E-state index contributed by atoms with van der Waals surface area (Å²) in [4.78, 5) is 33.4. The third-order valence-corrected chi connectivity index (χ3v) is 3.37. The molecule has 1 atom stereocenters. The molecule has 1 aromatic carbocycles. The normalized spacial score (nSPS) is 17.9. The van der Waals surface area contributed by atoms with Gasteiger partial charge in [-0.2, -0.15) is 0 Å². The Bertz CT molecular complexity index is 560. The first-order valence-corrected chi connectivity index (χ1v) is 6.26. The van der Waals surface area contributed by atoms with Crippen molar-refractivity contribution in [2.24, 2.45) is 0 Å². The monoisotopic (exact) mass is 282 g/mol. The Morgan fingerprint density at radius 1 is 1.42 bits per heavy atom. The zero-order chi connectivity index (χ0) is 14.0. The predicted octanol–water partition coefficient (Wildman–Crippen LogP) is 0.854. The first kappa shape index (κ1) is 13.2. The van der Waals surface area contributed by atoms with Crippen LogP contribution in [0.15, 0.2) is 18.2 Å². The lowest BCUT2D eigenvalue weighted by molar-refractivity contribution is -0.117. The van der Waals surface area contributed by atoms with Crippen molar-refractivity contribution in [1.82, 2.24) is 5.32 Å². The minimum absolute atomic E-state index is 0.247. The Hall–Kier alpha value is -2.22. The Kier molecular flexibility index (Phi) is 3.61. The average Bonchev–Trinajstić information content (AvgIpc) is 2.75. The van der Waals surface area contributed by atoms with Gasteiger partial charge in [0.1, 0.15) is 17.4 Å². The summed E-state index contributed by atoms with van der Waals surface area (Å²) < 4.78 is 0. The van der Waals surface area contributed by atoms with Gasteiger partial charge in [-0.15, -0.1) is 0 Å². The van der Waals surface area contributed by atoms with E-state index in [0.717, 1.165) is 17.8 Å². The van der Waals surface area contributed by atoms with Crippen LogP contribution in [-0.2, 0) is 4.79 Å². The summed E-state index contributed by atoms with van der Waals surface area (Å²) in [5, 5.41) is 22.9. The fourth-order valence-electron chi connectivity index (χ4n) is 1.55. The van der Waals surface area contributed by atoms with Crippen LogP contribution in [0.2, 0.25) is 0 Å². The largest absolute Gasteiger partial charge is 0.507 e. The van der Waals surface area contributed by atoms with Crippen molar-refractivity contribution in [2.45, 2.75) is 6.04 Å². The molecule has 1 aliphatic heterocycles. The first-order chi connectivity index (χ1) is 8.97. The number of rotatable bonds is 3. The molecule has 1 aromatic rings. The van der Waals surface area contributed by atoms with Crippen molar-refractivity contribution in [3.8, 4) is 5.75 Å². The second-order valence-electron chi connectivity index (χ2n) is 3.82. The molecule has 0 aliphatic carbocycles. The molecule has 8 heteroatoms. The first-order valence-electron chi connectivity index (χ1n) is 5.28. The van der Waals surface area contributed by atoms with E-state index in [1.807, 2.05) is 0 Å². The molecular formula is C11H10N2O5S. The number of anilines is 1. The molecule has 1 heterocycles. The number of thioether (sulfide) groups is 1. The molecule has 1 unspecified atom stereocenters. The summed E-state index contributed by atoms with van der Waals surface area (Å²) in [6.07, 6.45) is 0. The van der Waals surface area contributed by atoms with E-state index in [2.05, 4.69) is 10.6 Å². The lowest BCUT2D eigenvalue weighted by Gasteiger charge is -2.11. The van der Waals surface area contributed by atoms with Crippen molar-refractivity contribution < 1.29 is 24.6 Å². The Morgan fingerprint density at radius 2 is 2.16 bits per heavy atom. The van der Waals surface area contributed by atoms with Gasteiger partial charge in [-0.3, -0.25) is 9.59 Å². The summed E-state index contributed by atoms with van der Waals surface area (Å²) in [7, 11) is 0. The molecule has 4 N–H and O–H groups in total. The van der Waals surface area contributed by atoms with Crippen LogP contribution in [-0.4, -0.2) is 39.1 Å². The fraction of sp³-hybridized carbons (Fsp3) is 0.182. The predicted molar refractivity (Wildman–Crippen MR) is 68.5 cm³/mol. The maximum Gasteiger partial charge on any atom is 0.339 e. The van der Waals surface area contributed by atoms with Crippen molar-refractivity contribution in [3.05, 3.63) is 23.8 Å². The number of hydrogen-bond donors (Lipinski definition) is 4. The number of nitrogens with one attached hydrogen (secondary N) is 2. The van der Waals surface area contributed by atoms with Crippen molar-refractivity contribution in [2.75, 3.05) is 11.1 Å². The zero-order valence-electron chi connectivity index (χ0n) is 9.54. The van der Waals surface area contributed by atoms with Crippen molar-refractivity contribution in [1.29, 1.82) is 0 Å². The van der Waals surface area contributed by atoms with Crippen LogP contribution >= 0.6 is 11.8 Å². The summed E-state index contributed by atoms with van der Waals surface area (Å²) in [6, 6.07) is 3.07. The van der Waals surface area contributed by atoms with Crippen molar-refractivity contribution in [3.63, 3.8) is 0 Å². The maximum absolute atomic E-state index is 11.8. The molecule has 0 radical (unpaired) electrons. The van der Waals surface area contributed by atoms with Crippen LogP contribution in [0.25, 0.3) is 0 Å². The fourth-order valence-corrected chi connectivity index (χ4v) is 2.32. The standard InChI is InChI=1S/C11H10N2O5S/c14-8-3-5(1-2-6(8)10(16)17)12-9(15)7-4-19-11(18)13-7/h1-3,7,14H,4H2,(H,12,15)(H,13,18)(H,16,17). The second kappa shape index (κ2) is 5.19. The number of carboxylic acids is 1. The number of aromatic carboxylic acids is 1. The van der Waals surface area contributed by atoms with E-state index < -0.39 is 23.7 Å². The van der Waals surface area contributed by atoms with E-state index in [9.17, 15) is 19.5 Å². The number of carboxylic acid groups (broad SMARTS) is 1. The van der Waals surface area contributed by atoms with Crippen LogP contribution in [0, 0.1) is 0 Å². The van der Waals surface area contributed by atoms with Gasteiger partial charge < -0.3 is 20.8 Å². The molecule has 0 bridgehead atoms. The molecule has 2 rings (SSSR count). The zero-order valence-corrected chi connectivity index (χ0v) is 10.4. The third-order valence-electron chi connectivity index (χ3n) is 2.49. The van der Waals surface area contributed by atoms with Gasteiger partial charge >= 0.3 is 5.97 Å². The number of hydrogen-bond acceptors (Lipinski definition) is 5. The number of phenols is 1. The summed E-state index contributed by atoms with van der Waals surface area (Å²) in [5.74, 6) is -1.77. The minimum Gasteiger partial charge on any atom is -0.507 e. The molecule has 1 saturated heterocycles. The molecule has 0 saturated carbocycles. The summed E-state index contributed by atoms with van der Waals surface area (Å²) >= 11 is 1.02. The SMILES string of the molecule is O=C1NC(C(=O)Nc2ccc(C(=O)O)c(O)c2)CS1. The number of carbonyl (C=O) groups excluding carboxylic acids is 2. The van der Waals surface area contributed by atoms with E-state index in [1.54, 1.807) is 0 Å². The quantitative estimate of drug-likeness (QED) is 0.653. The Labute approximate surface area is 112 Å². The number of amides is 2. The van der Waals surface area contributed by atoms with Gasteiger partial charge in [0, 0.05) is 17.5 Å². The maximum atomic E-state index is 11.8. The number of benzene rings is 1. The lowest BCUT2D eigenvalue weighted by atomic mass is 10.2. The van der Waals surface area contributed by atoms with Gasteiger partial charge in [-0.1, -0.05) is 11.8 Å². The van der Waals surface area contributed by atoms with Gasteiger partial charge in [0.05, 0.1) is 0 Å². The smallest absolute Gasteiger partial charge is 0.339 e. The van der Waals surface area contributed by atoms with E-state index in [1.165, 1.54) is 12.1 Å². The molecule has 0 spiro atoms. The van der Waals surface area contributed by atoms with Crippen LogP contribution in [0.4, 0.5) is 10.5 Å². The van der Waals surface area contributed by atoms with E-state index >= 15 is 0 Å². The van der Waals surface area contributed by atoms with Gasteiger partial charge in [-0.25, -0.2) is 4.79 Å². The number of carbonyl (C=O) groups is 3. The lowest BCUT2D eigenvalue weighted by Crippen LogP contribution is -2.38. The van der Waals surface area contributed by atoms with Gasteiger partial charge in [0.2, 0.25) is 5.91 Å². The summed E-state index contributed by atoms with van der Waals surface area (Å²) in [6.45, 7) is 0. The van der Waals surface area contributed by atoms with Crippen LogP contribution < -0.4 is 10.6 Å². The molecule has 1 aliphatic rings. The highest BCUT2D eigenvalue weighted by Crippen LogP contribution is 2.22. The van der Waals surface area contributed by atoms with Crippen molar-refractivity contribution >= 4 is 34.6 Å². The summed E-state index contributed by atoms with van der Waals surface area (Å²) in [5.41, 5.74) is 0.0152. The average molecular weight is 282 g/mol. The highest BCUT2D eigenvalue weighted by molar-refractivity contribution is 8.14. The highest BCUT2D eigenvalue weighted by Gasteiger charge is 2.28. The number of aromatic hydroxyl groups is 1. The van der Waals surface area contributed by atoms with E-state index in [-0.39, 0.29) is 16.5 Å². The molecule has 0 aromatic heterocycles. The molecule has 2 amide bonds. The Balaban J connectivity index is 2.07. The molecular weight excluding hydrogens is 272 g/mol. The molecule has 7 nitrogen and oxygen atoms in total. The topological polar surface area (TPSA) is 116 Å². The van der Waals surface area contributed by atoms with Gasteiger partial charge in [0.15, 0.2) is 0 Å². The van der Waals surface area contributed by atoms with Crippen LogP contribution in [0.5, 0.6) is 5.75 Å². The second-order valence-corrected chi connectivity index (χ2v) is 4.81.